The second-order valence-electron chi connectivity index (χ2n) is 7.20. The molecule has 1 spiro atoms. The smallest absolute Gasteiger partial charge is 0.253 e. The van der Waals surface area contributed by atoms with Crippen LogP contribution in [0.2, 0.25) is 10.0 Å². The number of benzene rings is 2. The molecule has 2 aliphatic heterocycles. The number of carbonyl (C=O) groups is 1. The number of anilines is 1. The average molecular weight is 389 g/mol. The third-order valence-corrected chi connectivity index (χ3v) is 6.13. The average Bonchev–Trinajstić information content (AvgIpc) is 3.06. The molecule has 3 aliphatic rings. The van der Waals surface area contributed by atoms with Crippen LogP contribution in [0.1, 0.15) is 30.0 Å². The van der Waals surface area contributed by atoms with E-state index in [1.165, 1.54) is 6.07 Å². The van der Waals surface area contributed by atoms with Crippen molar-refractivity contribution in [3.8, 4) is 0 Å². The third kappa shape index (κ3) is 2.01. The normalized spacial score (nSPS) is 26.0. The fourth-order valence-electron chi connectivity index (χ4n) is 4.60. The molecule has 2 aromatic rings. The number of amides is 1. The van der Waals surface area contributed by atoms with Gasteiger partial charge in [-0.05, 0) is 72.4 Å². The van der Waals surface area contributed by atoms with E-state index >= 15 is 0 Å². The number of fused-ring (bicyclic) bond motifs is 5. The first-order valence-corrected chi connectivity index (χ1v) is 9.25. The molecule has 2 aromatic carbocycles. The molecule has 0 radical (unpaired) electrons. The van der Waals surface area contributed by atoms with Gasteiger partial charge in [-0.3, -0.25) is 10.1 Å². The van der Waals surface area contributed by atoms with Gasteiger partial charge >= 0.3 is 0 Å². The highest BCUT2D eigenvalue weighted by molar-refractivity contribution is 6.31. The van der Waals surface area contributed by atoms with Gasteiger partial charge in [-0.15, -0.1) is 0 Å². The first-order chi connectivity index (χ1) is 12.4. The van der Waals surface area contributed by atoms with Gasteiger partial charge in [-0.1, -0.05) is 23.2 Å². The topological polar surface area (TPSA) is 41.1 Å². The molecule has 0 bridgehead atoms. The number of halogens is 3. The Morgan fingerprint density at radius 3 is 2.85 bits per heavy atom. The van der Waals surface area contributed by atoms with Gasteiger partial charge in [0.1, 0.15) is 11.4 Å². The number of hydrogen-bond donors (Lipinski definition) is 2. The molecule has 6 heteroatoms. The summed E-state index contributed by atoms with van der Waals surface area (Å²) in [5.74, 6) is -0.549. The van der Waals surface area contributed by atoms with Crippen molar-refractivity contribution in [2.75, 3.05) is 5.32 Å². The van der Waals surface area contributed by atoms with Crippen LogP contribution in [0.5, 0.6) is 0 Å². The lowest BCUT2D eigenvalue weighted by Gasteiger charge is -2.39. The van der Waals surface area contributed by atoms with Crippen molar-refractivity contribution >= 4 is 40.4 Å². The molecule has 1 amide bonds. The lowest BCUT2D eigenvalue weighted by atomic mass is 9.76. The van der Waals surface area contributed by atoms with E-state index in [0.717, 1.165) is 39.9 Å². The lowest BCUT2D eigenvalue weighted by molar-refractivity contribution is -0.121. The second kappa shape index (κ2) is 5.32. The molecule has 132 valence electrons. The van der Waals surface area contributed by atoms with Crippen LogP contribution in [-0.4, -0.2) is 11.9 Å². The minimum absolute atomic E-state index is 0.0501. The molecule has 2 N–H and O–H groups in total. The summed E-state index contributed by atoms with van der Waals surface area (Å²) in [6.45, 7) is 2.03. The van der Waals surface area contributed by atoms with Gasteiger partial charge < -0.3 is 5.32 Å². The van der Waals surface area contributed by atoms with Crippen LogP contribution in [0, 0.1) is 5.82 Å². The fraction of sp³-hybridized carbons (Fsp3) is 0.250. The van der Waals surface area contributed by atoms with Crippen molar-refractivity contribution < 1.29 is 9.18 Å². The summed E-state index contributed by atoms with van der Waals surface area (Å²) in [7, 11) is 0. The summed E-state index contributed by atoms with van der Waals surface area (Å²) in [5.41, 5.74) is 4.42. The molecule has 26 heavy (non-hydrogen) atoms. The molecule has 3 nitrogen and oxygen atoms in total. The zero-order valence-corrected chi connectivity index (χ0v) is 15.4. The monoisotopic (exact) mass is 388 g/mol. The van der Waals surface area contributed by atoms with Crippen LogP contribution >= 0.6 is 23.2 Å². The van der Waals surface area contributed by atoms with Crippen LogP contribution in [-0.2, 0) is 16.8 Å². The maximum atomic E-state index is 14.1. The number of carbonyl (C=O) groups excluding carboxylic acids is 1. The molecule has 0 unspecified atom stereocenters. The van der Waals surface area contributed by atoms with Gasteiger partial charge in [0.05, 0.1) is 5.02 Å². The quantitative estimate of drug-likeness (QED) is 0.688. The number of rotatable bonds is 0. The Morgan fingerprint density at radius 2 is 2.04 bits per heavy atom. The molecule has 2 heterocycles. The van der Waals surface area contributed by atoms with Gasteiger partial charge in [-0.25, -0.2) is 4.39 Å². The highest BCUT2D eigenvalue weighted by Gasteiger charge is 2.54. The first-order valence-electron chi connectivity index (χ1n) is 8.50. The maximum Gasteiger partial charge on any atom is 0.253 e. The van der Waals surface area contributed by atoms with E-state index in [4.69, 9.17) is 23.2 Å². The van der Waals surface area contributed by atoms with Gasteiger partial charge in [0.25, 0.3) is 5.91 Å². The van der Waals surface area contributed by atoms with Gasteiger partial charge in [0, 0.05) is 22.3 Å². The Bertz CT molecular complexity index is 1030. The largest absolute Gasteiger partial charge is 0.324 e. The Morgan fingerprint density at radius 1 is 1.23 bits per heavy atom. The highest BCUT2D eigenvalue weighted by atomic mass is 35.5. The molecular weight excluding hydrogens is 374 g/mol. The molecule has 1 aliphatic carbocycles. The van der Waals surface area contributed by atoms with Crippen LogP contribution in [0.4, 0.5) is 10.1 Å². The summed E-state index contributed by atoms with van der Waals surface area (Å²) in [6.07, 6.45) is 1.29. The van der Waals surface area contributed by atoms with Gasteiger partial charge in [0.2, 0.25) is 0 Å². The molecule has 0 fully saturated rings. The first kappa shape index (κ1) is 16.3. The standard InChI is InChI=1S/C20H15Cl2FN2O/c1-9-4-13-12-8-17(23)16(22)6-10(12)5-14(13)20(25-9)15-7-11(21)2-3-18(15)24-19(20)26/h2-3,6-9,25H,4-5H2,1H3,(H,24,26)/t9-,20-/m0/s1. The van der Waals surface area contributed by atoms with Gasteiger partial charge in [-0.2, -0.15) is 0 Å². The number of hydrogen-bond acceptors (Lipinski definition) is 2. The minimum Gasteiger partial charge on any atom is -0.324 e. The van der Waals surface area contributed by atoms with Crippen LogP contribution in [0.25, 0.3) is 5.57 Å². The fourth-order valence-corrected chi connectivity index (χ4v) is 4.96. The SMILES string of the molecule is C[C@H]1CC2=C(Cc3cc(Cl)c(F)cc32)[C@@]2(N1)C(=O)Nc1ccc(Cl)cc12. The van der Waals surface area contributed by atoms with Crippen LogP contribution in [0.3, 0.4) is 0 Å². The molecule has 0 saturated heterocycles. The third-order valence-electron chi connectivity index (χ3n) is 5.60. The molecule has 2 atom stereocenters. The Balaban J connectivity index is 1.78. The van der Waals surface area contributed by atoms with Crippen LogP contribution < -0.4 is 10.6 Å². The van der Waals surface area contributed by atoms with E-state index in [-0.39, 0.29) is 17.0 Å². The molecule has 5 rings (SSSR count). The summed E-state index contributed by atoms with van der Waals surface area (Å²) < 4.78 is 14.1. The maximum absolute atomic E-state index is 14.1. The van der Waals surface area contributed by atoms with E-state index < -0.39 is 11.4 Å². The minimum atomic E-state index is -0.977. The molecule has 0 aromatic heterocycles. The van der Waals surface area contributed by atoms with Crippen molar-refractivity contribution in [2.45, 2.75) is 31.3 Å². The van der Waals surface area contributed by atoms with E-state index in [1.54, 1.807) is 12.1 Å². The summed E-state index contributed by atoms with van der Waals surface area (Å²) in [4.78, 5) is 13.1. The van der Waals surface area contributed by atoms with Crippen molar-refractivity contribution in [2.24, 2.45) is 0 Å². The van der Waals surface area contributed by atoms with E-state index in [0.29, 0.717) is 11.4 Å². The predicted molar refractivity (Wildman–Crippen MR) is 101 cm³/mol. The van der Waals surface area contributed by atoms with Gasteiger partial charge in [0.15, 0.2) is 0 Å². The van der Waals surface area contributed by atoms with E-state index in [9.17, 15) is 9.18 Å². The summed E-state index contributed by atoms with van der Waals surface area (Å²) >= 11 is 12.2. The van der Waals surface area contributed by atoms with E-state index in [2.05, 4.69) is 10.6 Å². The summed E-state index contributed by atoms with van der Waals surface area (Å²) in [5, 5.41) is 7.16. The van der Waals surface area contributed by atoms with Crippen molar-refractivity contribution in [1.82, 2.24) is 5.32 Å². The van der Waals surface area contributed by atoms with Crippen molar-refractivity contribution in [3.05, 3.63) is 68.5 Å². The Kier molecular flexibility index (Phi) is 3.34. The zero-order chi connectivity index (χ0) is 18.2. The van der Waals surface area contributed by atoms with Crippen molar-refractivity contribution in [3.63, 3.8) is 0 Å². The number of nitrogens with one attached hydrogen (secondary N) is 2. The predicted octanol–water partition coefficient (Wildman–Crippen LogP) is 4.67. The van der Waals surface area contributed by atoms with E-state index in [1.807, 2.05) is 19.1 Å². The highest BCUT2D eigenvalue weighted by Crippen LogP contribution is 2.52. The van der Waals surface area contributed by atoms with Crippen molar-refractivity contribution in [1.29, 1.82) is 0 Å². The Hall–Kier alpha value is -1.88. The summed E-state index contributed by atoms with van der Waals surface area (Å²) in [6, 6.07) is 8.64. The molecule has 0 saturated carbocycles. The second-order valence-corrected chi connectivity index (χ2v) is 8.04. The zero-order valence-electron chi connectivity index (χ0n) is 13.9. The van der Waals surface area contributed by atoms with Crippen LogP contribution in [0.15, 0.2) is 35.9 Å². The lowest BCUT2D eigenvalue weighted by Crippen LogP contribution is -2.55. The molecular formula is C20H15Cl2FN2O. The Labute approximate surface area is 160 Å².